The largest absolute Gasteiger partial charge is 0.268 e. The zero-order valence-electron chi connectivity index (χ0n) is 42.6. The summed E-state index contributed by atoms with van der Waals surface area (Å²) in [6.45, 7) is 28.6. The van der Waals surface area contributed by atoms with Crippen molar-refractivity contribution in [2.45, 2.75) is 118 Å². The molecule has 1 aliphatic heterocycles. The maximum absolute atomic E-state index is 15.9. The molecule has 1 aliphatic rings. The molecule has 0 atom stereocenters. The van der Waals surface area contributed by atoms with Gasteiger partial charge in [0.2, 0.25) is 0 Å². The summed E-state index contributed by atoms with van der Waals surface area (Å²) in [6, 6.07) is 46.2. The number of imide groups is 1. The molecule has 3 nitrogen and oxygen atoms in total. The fourth-order valence-electron chi connectivity index (χ4n) is 11.0. The van der Waals surface area contributed by atoms with Crippen LogP contribution in [0.3, 0.4) is 0 Å². The molecular formula is C66H63NO2. The molecule has 0 saturated carbocycles. The minimum atomic E-state index is -0.324. The zero-order chi connectivity index (χ0) is 49.2. The van der Waals surface area contributed by atoms with Gasteiger partial charge in [-0.25, -0.2) is 4.90 Å². The molecule has 9 aromatic carbocycles. The van der Waals surface area contributed by atoms with Crippen molar-refractivity contribution in [1.29, 1.82) is 0 Å². The van der Waals surface area contributed by atoms with Gasteiger partial charge in [0, 0.05) is 27.5 Å². The second-order valence-corrected chi connectivity index (χ2v) is 23.2. The summed E-state index contributed by atoms with van der Waals surface area (Å²) in [5, 5.41) is 8.23. The molecule has 3 heteroatoms. The normalized spacial score (nSPS) is 13.6. The average Bonchev–Trinajstić information content (AvgIpc) is 3.31. The van der Waals surface area contributed by atoms with E-state index in [1.54, 1.807) is 0 Å². The Morgan fingerprint density at radius 3 is 1.20 bits per heavy atom. The third-order valence-electron chi connectivity index (χ3n) is 14.8. The van der Waals surface area contributed by atoms with Crippen molar-refractivity contribution in [1.82, 2.24) is 0 Å². The highest BCUT2D eigenvalue weighted by molar-refractivity contribution is 6.45. The fraction of sp³-hybridized carbons (Fsp3) is 0.273. The van der Waals surface area contributed by atoms with E-state index in [1.165, 1.54) is 21.6 Å². The lowest BCUT2D eigenvalue weighted by atomic mass is 9.77. The molecular weight excluding hydrogens is 839 g/mol. The van der Waals surface area contributed by atoms with Gasteiger partial charge in [-0.2, -0.15) is 0 Å². The molecule has 0 fully saturated rings. The van der Waals surface area contributed by atoms with E-state index >= 15 is 9.59 Å². The maximum atomic E-state index is 15.9. The van der Waals surface area contributed by atoms with Crippen LogP contribution in [0.5, 0.6) is 0 Å². The molecule has 0 bridgehead atoms. The van der Waals surface area contributed by atoms with Gasteiger partial charge in [0.1, 0.15) is 0 Å². The number of terminal acetylenes is 1. The topological polar surface area (TPSA) is 37.4 Å². The first kappa shape index (κ1) is 45.7. The Hall–Kier alpha value is -7.02. The summed E-state index contributed by atoms with van der Waals surface area (Å²) in [5.41, 5.74) is 14.1. The number of benzene rings is 9. The minimum Gasteiger partial charge on any atom is -0.268 e. The predicted molar refractivity (Wildman–Crippen MR) is 294 cm³/mol. The summed E-state index contributed by atoms with van der Waals surface area (Å²) < 4.78 is 0. The Morgan fingerprint density at radius 2 is 0.812 bits per heavy atom. The number of fused-ring (bicyclic) bond motifs is 2. The number of carbonyl (C=O) groups is 2. The van der Waals surface area contributed by atoms with Gasteiger partial charge in [0.25, 0.3) is 11.8 Å². The zero-order valence-corrected chi connectivity index (χ0v) is 42.6. The van der Waals surface area contributed by atoms with Crippen molar-refractivity contribution in [3.05, 3.63) is 172 Å². The summed E-state index contributed by atoms with van der Waals surface area (Å²) >= 11 is 0. The van der Waals surface area contributed by atoms with E-state index < -0.39 is 0 Å². The molecule has 0 N–H and O–H groups in total. The number of hydrogen-bond acceptors (Lipinski definition) is 2. The first-order valence-corrected chi connectivity index (χ1v) is 24.7. The Kier molecular flexibility index (Phi) is 10.6. The van der Waals surface area contributed by atoms with Gasteiger partial charge in [0.15, 0.2) is 0 Å². The van der Waals surface area contributed by atoms with Crippen LogP contribution in [0.4, 0.5) is 5.69 Å². The van der Waals surface area contributed by atoms with Crippen molar-refractivity contribution in [3.8, 4) is 45.7 Å². The summed E-state index contributed by atoms with van der Waals surface area (Å²) in [4.78, 5) is 33.3. The summed E-state index contributed by atoms with van der Waals surface area (Å²) in [6.07, 6.45) is 6.06. The number of carbonyl (C=O) groups excluding carboxylic acids is 2. The van der Waals surface area contributed by atoms with E-state index in [9.17, 15) is 0 Å². The van der Waals surface area contributed by atoms with Gasteiger partial charge < -0.3 is 0 Å². The average molecular weight is 902 g/mol. The molecule has 0 unspecified atom stereocenters. The molecule has 0 saturated heterocycles. The minimum absolute atomic E-state index is 0.0183. The number of anilines is 1. The number of amides is 2. The van der Waals surface area contributed by atoms with Crippen LogP contribution >= 0.6 is 0 Å². The molecule has 1 heterocycles. The maximum Gasteiger partial charge on any atom is 0.266 e. The Labute approximate surface area is 408 Å². The standard InChI is InChI=1S/C66H63NO2/c1-15-39-33-50(37(2)3)61(51(34-39)38(4)5)67-62(68)54-35-52(41-21-27-44(28-22-41)65(9,10)11)57-48-18-16-17-47-46(40-19-25-43(26-20-40)64(6,7)8)31-32-49(56(47)48)58-53(36-55(63(67)69)59(54)60(57)58)42-23-29-45(30-24-42)66(12,13)14/h1,16-38H,2-14H3. The van der Waals surface area contributed by atoms with Crippen LogP contribution in [0, 0.1) is 12.3 Å². The van der Waals surface area contributed by atoms with Gasteiger partial charge in [-0.3, -0.25) is 9.59 Å². The monoisotopic (exact) mass is 901 g/mol. The predicted octanol–water partition coefficient (Wildman–Crippen LogP) is 17.7. The van der Waals surface area contributed by atoms with Crippen LogP contribution in [0.25, 0.3) is 76.5 Å². The first-order valence-electron chi connectivity index (χ1n) is 24.7. The molecule has 9 aromatic rings. The van der Waals surface area contributed by atoms with Gasteiger partial charge in [-0.05, 0) is 146 Å². The van der Waals surface area contributed by atoms with Crippen molar-refractivity contribution in [2.75, 3.05) is 4.90 Å². The number of hydrogen-bond donors (Lipinski definition) is 0. The fourth-order valence-corrected chi connectivity index (χ4v) is 11.0. The highest BCUT2D eigenvalue weighted by Crippen LogP contribution is 2.53. The Bertz CT molecular complexity index is 3450. The summed E-state index contributed by atoms with van der Waals surface area (Å²) in [5.74, 6) is 2.17. The van der Waals surface area contributed by atoms with E-state index in [2.05, 4.69) is 211 Å². The third kappa shape index (κ3) is 7.34. The van der Waals surface area contributed by atoms with Gasteiger partial charge >= 0.3 is 0 Å². The van der Waals surface area contributed by atoms with Crippen LogP contribution in [-0.2, 0) is 16.2 Å². The van der Waals surface area contributed by atoms with Gasteiger partial charge in [-0.15, -0.1) is 6.42 Å². The van der Waals surface area contributed by atoms with Crippen LogP contribution in [0.1, 0.15) is 156 Å². The van der Waals surface area contributed by atoms with Crippen molar-refractivity contribution in [3.63, 3.8) is 0 Å². The molecule has 0 spiro atoms. The highest BCUT2D eigenvalue weighted by Gasteiger charge is 2.40. The van der Waals surface area contributed by atoms with Crippen molar-refractivity contribution in [2.24, 2.45) is 0 Å². The van der Waals surface area contributed by atoms with Crippen LogP contribution in [-0.4, -0.2) is 11.8 Å². The molecule has 344 valence electrons. The second-order valence-electron chi connectivity index (χ2n) is 23.2. The van der Waals surface area contributed by atoms with Gasteiger partial charge in [0.05, 0.1) is 5.69 Å². The van der Waals surface area contributed by atoms with E-state index in [-0.39, 0.29) is 39.9 Å². The van der Waals surface area contributed by atoms with E-state index in [0.29, 0.717) is 22.2 Å². The number of nitrogens with zero attached hydrogens (tertiary/aromatic N) is 1. The smallest absolute Gasteiger partial charge is 0.266 e. The SMILES string of the molecule is C#Cc1cc(C(C)C)c(N2C(=O)c3cc(-c4ccc(C(C)(C)C)cc4)c4c5cccc6c(-c7ccc(C(C)(C)C)cc7)ccc(c7c(-c8ccc(C(C)(C)C)cc8)cc(c3c47)C2=O)c65)c(C(C)C)c1. The molecule has 2 amide bonds. The van der Waals surface area contributed by atoms with E-state index in [4.69, 9.17) is 6.42 Å². The molecule has 0 radical (unpaired) electrons. The number of rotatable bonds is 6. The molecule has 0 aliphatic carbocycles. The van der Waals surface area contributed by atoms with Crippen LogP contribution in [0.15, 0.2) is 127 Å². The van der Waals surface area contributed by atoms with Crippen LogP contribution in [0.2, 0.25) is 0 Å². The van der Waals surface area contributed by atoms with E-state index in [1.807, 2.05) is 12.1 Å². The molecule has 0 aromatic heterocycles. The molecule has 10 rings (SSSR count). The Balaban J connectivity index is 1.39. The van der Waals surface area contributed by atoms with Crippen molar-refractivity contribution < 1.29 is 9.59 Å². The van der Waals surface area contributed by atoms with Gasteiger partial charge in [-0.1, -0.05) is 199 Å². The lowest BCUT2D eigenvalue weighted by Crippen LogP contribution is -2.42. The quantitative estimate of drug-likeness (QED) is 0.0722. The first-order chi connectivity index (χ1) is 32.6. The third-order valence-corrected chi connectivity index (χ3v) is 14.8. The van der Waals surface area contributed by atoms with E-state index in [0.717, 1.165) is 87.8 Å². The van der Waals surface area contributed by atoms with Crippen molar-refractivity contribution >= 4 is 60.6 Å². The lowest BCUT2D eigenvalue weighted by molar-refractivity contribution is 0.0893. The van der Waals surface area contributed by atoms with Crippen LogP contribution < -0.4 is 4.90 Å². The molecule has 69 heavy (non-hydrogen) atoms. The summed E-state index contributed by atoms with van der Waals surface area (Å²) in [7, 11) is 0. The lowest BCUT2D eigenvalue weighted by Gasteiger charge is -2.34. The Morgan fingerprint density at radius 1 is 0.420 bits per heavy atom. The highest BCUT2D eigenvalue weighted by atomic mass is 16.2. The second kappa shape index (κ2) is 16.0.